The number of carbonyl (C=O) groups is 4. The van der Waals surface area contributed by atoms with Crippen LogP contribution in [0.15, 0.2) is 143 Å². The number of aromatic carboxylic acids is 1. The Kier molecular flexibility index (Phi) is 30.8. The largest absolute Gasteiger partial charge is 0.477 e. The minimum atomic E-state index is -4.15. The van der Waals surface area contributed by atoms with Crippen molar-refractivity contribution in [2.24, 2.45) is 71.0 Å². The molecule has 4 aromatic rings. The second kappa shape index (κ2) is 38.8. The third-order valence-electron chi connectivity index (χ3n) is 26.4. The first-order valence-corrected chi connectivity index (χ1v) is 48.9. The molecule has 2 aromatic carbocycles. The Morgan fingerprint density at radius 3 is 1.27 bits per heavy atom. The van der Waals surface area contributed by atoms with Gasteiger partial charge in [-0.25, -0.2) is 34.4 Å². The van der Waals surface area contributed by atoms with E-state index in [0.29, 0.717) is 6.61 Å². The molecule has 0 radical (unpaired) electrons. The third kappa shape index (κ3) is 17.7. The Morgan fingerprint density at radius 1 is 0.504 bits per heavy atom. The van der Waals surface area contributed by atoms with E-state index in [1.165, 1.54) is 75.1 Å². The van der Waals surface area contributed by atoms with Crippen molar-refractivity contribution >= 4 is 60.6 Å². The van der Waals surface area contributed by atoms with Gasteiger partial charge >= 0.3 is 23.9 Å². The summed E-state index contributed by atoms with van der Waals surface area (Å²) in [6.07, 6.45) is 7.19. The number of aromatic nitrogens is 2. The number of nitrogens with zero attached hydrogens (tertiary/aromatic N) is 2. The quantitative estimate of drug-likeness (QED) is 0.0157. The van der Waals surface area contributed by atoms with Crippen molar-refractivity contribution in [1.82, 2.24) is 7.94 Å². The van der Waals surface area contributed by atoms with Gasteiger partial charge in [0.05, 0.1) is 85.7 Å². The smallest absolute Gasteiger partial charge is 0.356 e. The van der Waals surface area contributed by atoms with Crippen molar-refractivity contribution in [1.29, 1.82) is 0 Å². The van der Waals surface area contributed by atoms with Crippen LogP contribution in [0.2, 0.25) is 36.3 Å². The normalized spacial score (nSPS) is 33.2. The monoisotopic (exact) mass is 1700 g/mol. The summed E-state index contributed by atoms with van der Waals surface area (Å²) in [5, 5.41) is 44.5. The molecule has 12 rings (SSSR count). The number of aliphatic hydroxyl groups excluding tert-OH is 3. The van der Waals surface area contributed by atoms with E-state index in [4.69, 9.17) is 66.1 Å². The van der Waals surface area contributed by atoms with E-state index in [9.17, 15) is 51.3 Å². The number of hydrogen-bond acceptors (Lipinski definition) is 24. The molecule has 648 valence electrons. The van der Waals surface area contributed by atoms with Gasteiger partial charge < -0.3 is 81.4 Å². The lowest BCUT2D eigenvalue weighted by Gasteiger charge is -2.49. The summed E-state index contributed by atoms with van der Waals surface area (Å²) in [7, 11) is -2.80. The zero-order valence-electron chi connectivity index (χ0n) is 70.8. The van der Waals surface area contributed by atoms with Crippen molar-refractivity contribution in [2.45, 2.75) is 201 Å². The maximum Gasteiger partial charge on any atom is 0.356 e. The molecule has 4 N–H and O–H groups in total. The molecule has 8 bridgehead atoms. The molecule has 2 saturated heterocycles. The van der Waals surface area contributed by atoms with Crippen molar-refractivity contribution in [3.05, 3.63) is 155 Å². The molecule has 2 aromatic heterocycles. The molecule has 8 aliphatic rings. The molecule has 4 fully saturated rings. The van der Waals surface area contributed by atoms with Gasteiger partial charge in [0.15, 0.2) is 16.6 Å². The first-order chi connectivity index (χ1) is 55.7. The highest BCUT2D eigenvalue weighted by molar-refractivity contribution is 7.90. The Hall–Kier alpha value is -6.35. The summed E-state index contributed by atoms with van der Waals surface area (Å²) in [5.74, 6) is -8.99. The average molecular weight is 1710 g/mol. The molecule has 4 aliphatic carbocycles. The van der Waals surface area contributed by atoms with Crippen LogP contribution in [0.3, 0.4) is 0 Å². The van der Waals surface area contributed by atoms with Gasteiger partial charge in [-0.05, 0) is 124 Å². The zero-order valence-corrected chi connectivity index (χ0v) is 74.4. The number of aryl methyl sites for hydroxylation is 2. The number of ether oxygens (including phenoxy) is 11. The predicted octanol–water partition coefficient (Wildman–Crippen LogP) is 10.6. The van der Waals surface area contributed by atoms with Gasteiger partial charge in [-0.3, -0.25) is 9.59 Å². The van der Waals surface area contributed by atoms with Crippen molar-refractivity contribution in [2.75, 3.05) is 82.3 Å². The summed E-state index contributed by atoms with van der Waals surface area (Å²) in [6.45, 7) is 25.6. The van der Waals surface area contributed by atoms with E-state index >= 15 is 0 Å². The average Bonchev–Trinajstić information content (AvgIpc) is 1.53. The van der Waals surface area contributed by atoms with Crippen LogP contribution in [0.1, 0.15) is 101 Å². The maximum absolute atomic E-state index is 14.6. The molecule has 0 amide bonds. The van der Waals surface area contributed by atoms with E-state index in [1.807, 2.05) is 65.8 Å². The number of hydrogen-bond donors (Lipinski definition) is 4. The molecule has 2 saturated carbocycles. The summed E-state index contributed by atoms with van der Waals surface area (Å²) < 4.78 is 135. The molecule has 24 atom stereocenters. The molecule has 27 nitrogen and oxygen atoms in total. The molecule has 6 heterocycles. The second-order valence-electron chi connectivity index (χ2n) is 32.7. The highest BCUT2D eigenvalue weighted by Gasteiger charge is 2.73. The van der Waals surface area contributed by atoms with E-state index in [0.717, 1.165) is 66.5 Å². The molecular formula is C86H124N2O25S2Si2. The van der Waals surface area contributed by atoms with Gasteiger partial charge in [-0.2, -0.15) is 0 Å². The SMILES string of the molecule is CC[Si](CC)(CC)O[C@H](COC)[C@H]1OC(=O)[C@H](COC)[C@H]2C=C[C@H]3[C@H]4O[C@]2(/C(C)=C/[C@H]1C)[C@@H]3[C@H](O)[C@@H](COC)[C@H]4O.CC[Si](CC)(CC)O[C@H](COC)[C@H]1OC(=O)[C@H](COC)[C@H]2C=C[C@H]3[C@H]4O[C@]2(/C(C)=C/[C@H]1C)[C@@H]3[C@H](O)[C@@H](COC)[C@H]4OC(=O)c1cccn1S(=O)(=O)c1ccc(C)cc1.Cc1ccc(S(=O)(=O)n2cccc2C(=O)O)cc1. The highest BCUT2D eigenvalue weighted by Crippen LogP contribution is 2.64. The topological polar surface area (TPSA) is 347 Å². The Bertz CT molecular complexity index is 4410. The number of aliphatic hydroxyl groups is 3. The molecule has 0 unspecified atom stereocenters. The Balaban J connectivity index is 0.000000211. The minimum Gasteiger partial charge on any atom is -0.477 e. The lowest BCUT2D eigenvalue weighted by atomic mass is 9.56. The lowest BCUT2D eigenvalue weighted by Crippen LogP contribution is -2.59. The number of esters is 3. The van der Waals surface area contributed by atoms with Crippen LogP contribution in [0.25, 0.3) is 0 Å². The standard InChI is InChI=1S/C43H61NO12SSi.C31H52O9Si.C12H11NO4S/c1-10-58(11-2,12-3)56-35(25-52-9)38-27(5)22-28(6)43-33(31(23-50-7)41(46)53-38)20-19-30-36(43)37(45)32(24-51-8)39(40(30)55-43)54-42(47)34-14-13-21-44(34)57(48,49)29-17-15-26(4)16-18-29;1-9-41(10-2,11-3)40-24(17-37-8)28-18(4)14-19(5)31-23(21(15-35-6)30(34)38-28)13-12-20-25(31)26(32)22(16-36-7)27(33)29(20)39-31;1-9-4-6-10(7-5-9)18(16,17)13-8-2-3-11(13)12(14)15/h13-22,27,30-33,35-40,45H,10-12,23-25H2,1-9H3;12-14,18,20-29,32-33H,9-11,15-17H2,1-8H3;2-8H,1H3,(H,14,15)/b28-22+;19-14+;/t27-,30-,31-,32-,33-,35-,36+,37-,38+,39-,40-,43+;18-,20-,21-,22-,23-,24-,25+,26-,27-,28+,29-,31+;/m11./s1. The fourth-order valence-electron chi connectivity index (χ4n) is 20.0. The van der Waals surface area contributed by atoms with Crippen LogP contribution in [-0.4, -0.2) is 240 Å². The van der Waals surface area contributed by atoms with Gasteiger partial charge in [-0.1, -0.05) is 127 Å². The number of carboxylic acid groups (broad SMARTS) is 1. The number of carbonyl (C=O) groups excluding carboxylic acids is 3. The fourth-order valence-corrected chi connectivity index (χ4v) is 28.3. The minimum absolute atomic E-state index is 0.0189. The Labute approximate surface area is 692 Å². The summed E-state index contributed by atoms with van der Waals surface area (Å²) in [5.41, 5.74) is 0.823. The van der Waals surface area contributed by atoms with Crippen molar-refractivity contribution < 1.29 is 117 Å². The predicted molar refractivity (Wildman–Crippen MR) is 440 cm³/mol. The van der Waals surface area contributed by atoms with E-state index < -0.39 is 174 Å². The van der Waals surface area contributed by atoms with Gasteiger partial charge in [0.1, 0.15) is 59.2 Å². The van der Waals surface area contributed by atoms with Crippen LogP contribution in [0.5, 0.6) is 0 Å². The Morgan fingerprint density at radius 2 is 0.880 bits per heavy atom. The van der Waals surface area contributed by atoms with Crippen LogP contribution < -0.4 is 0 Å². The molecule has 4 aliphatic heterocycles. The number of benzene rings is 2. The maximum atomic E-state index is 14.6. The van der Waals surface area contributed by atoms with E-state index in [-0.39, 0.29) is 83.9 Å². The molecule has 117 heavy (non-hydrogen) atoms. The van der Waals surface area contributed by atoms with Gasteiger partial charge in [0.2, 0.25) is 0 Å². The van der Waals surface area contributed by atoms with Gasteiger partial charge in [-0.15, -0.1) is 0 Å². The summed E-state index contributed by atoms with van der Waals surface area (Å²) in [6, 6.07) is 23.7. The first-order valence-electron chi connectivity index (χ1n) is 41.0. The summed E-state index contributed by atoms with van der Waals surface area (Å²) >= 11 is 0. The van der Waals surface area contributed by atoms with Crippen LogP contribution >= 0.6 is 0 Å². The fraction of sp³-hybridized carbons (Fsp3) is 0.628. The van der Waals surface area contributed by atoms with Gasteiger partial charge in [0, 0.05) is 114 Å². The summed E-state index contributed by atoms with van der Waals surface area (Å²) in [4.78, 5) is 53.9. The van der Waals surface area contributed by atoms with Gasteiger partial charge in [0.25, 0.3) is 20.0 Å². The van der Waals surface area contributed by atoms with Crippen LogP contribution in [0, 0.1) is 84.9 Å². The first kappa shape index (κ1) is 92.9. The van der Waals surface area contributed by atoms with E-state index in [2.05, 4.69) is 53.7 Å². The number of rotatable bonds is 31. The van der Waals surface area contributed by atoms with Crippen molar-refractivity contribution in [3.8, 4) is 0 Å². The molecule has 2 spiro atoms. The number of cyclic esters (lactones) is 2. The van der Waals surface area contributed by atoms with Crippen molar-refractivity contribution in [3.63, 3.8) is 0 Å². The number of methoxy groups -OCH3 is 6. The lowest BCUT2D eigenvalue weighted by molar-refractivity contribution is -0.172. The highest BCUT2D eigenvalue weighted by atomic mass is 32.2. The molecule has 31 heteroatoms. The zero-order chi connectivity index (χ0) is 85.6. The third-order valence-corrected chi connectivity index (χ3v) is 39.2. The van der Waals surface area contributed by atoms with Crippen LogP contribution in [0.4, 0.5) is 0 Å². The van der Waals surface area contributed by atoms with E-state index in [1.54, 1.807) is 52.7 Å². The van der Waals surface area contributed by atoms with Crippen LogP contribution in [-0.2, 0) is 90.6 Å². The second-order valence-corrected chi connectivity index (χ2v) is 45.8. The molecular weight excluding hydrogens is 1580 g/mol. The number of carboxylic acids is 1.